The van der Waals surface area contributed by atoms with Crippen LogP contribution in [-0.4, -0.2) is 9.13 Å². The highest BCUT2D eigenvalue weighted by atomic mass is 15.0. The lowest BCUT2D eigenvalue weighted by Crippen LogP contribution is -2.03. The fraction of sp³-hybridized carbons (Fsp3) is 0.0638. The van der Waals surface area contributed by atoms with Crippen molar-refractivity contribution >= 4 is 65.5 Å². The van der Waals surface area contributed by atoms with Gasteiger partial charge in [-0.05, 0) is 94.6 Å². The Morgan fingerprint density at radius 1 is 0.469 bits per heavy atom. The summed E-state index contributed by atoms with van der Waals surface area (Å²) in [6.45, 7) is 2.36. The maximum Gasteiger partial charge on any atom is 0.0541 e. The number of para-hydroxylation sites is 3. The summed E-state index contributed by atoms with van der Waals surface area (Å²) < 4.78 is 4.83. The van der Waals surface area contributed by atoms with Gasteiger partial charge in [-0.3, -0.25) is 0 Å². The number of hydrogen-bond donors (Lipinski definition) is 0. The summed E-state index contributed by atoms with van der Waals surface area (Å²) in [7, 11) is 0. The van der Waals surface area contributed by atoms with Crippen molar-refractivity contribution in [1.29, 1.82) is 0 Å². The van der Waals surface area contributed by atoms with Crippen LogP contribution < -0.4 is 0 Å². The Bertz CT molecular complexity index is 2800. The van der Waals surface area contributed by atoms with Crippen molar-refractivity contribution in [1.82, 2.24) is 9.13 Å². The predicted octanol–water partition coefficient (Wildman–Crippen LogP) is 12.5. The van der Waals surface area contributed by atoms with Gasteiger partial charge in [0.2, 0.25) is 0 Å². The molecular formula is C47H34N2. The third-order valence-corrected chi connectivity index (χ3v) is 10.6. The summed E-state index contributed by atoms with van der Waals surface area (Å²) >= 11 is 0. The van der Waals surface area contributed by atoms with Crippen LogP contribution in [0.1, 0.15) is 24.5 Å². The van der Waals surface area contributed by atoms with Crippen LogP contribution in [0.4, 0.5) is 0 Å². The summed E-state index contributed by atoms with van der Waals surface area (Å²) in [6, 6.07) is 57.7. The standard InChI is InChI=1S/C47H34N2/c1-31-22-23-33(28-40(31)35-25-27-46-42(30-35)38-17-7-9-19-44(38)48(46)36-14-3-2-4-15-36)34-24-26-47-41(29-34)39-18-8-10-20-45(39)49(47)43-21-11-13-32-12-5-6-16-37(32)43/h2-21,23-31H,22H2,1H3. The SMILES string of the molecule is CC1CC=C(c2ccc3c(c2)c2ccccc2n3-c2cccc3ccccc23)C=C1c1ccc2c(c1)c1ccccc1n2-c1ccccc1. The zero-order chi connectivity index (χ0) is 32.5. The lowest BCUT2D eigenvalue weighted by molar-refractivity contribution is 0.761. The molecule has 0 amide bonds. The first-order valence-corrected chi connectivity index (χ1v) is 17.3. The molecule has 1 aliphatic carbocycles. The Hall–Kier alpha value is -6.12. The predicted molar refractivity (Wildman–Crippen MR) is 209 cm³/mol. The summed E-state index contributed by atoms with van der Waals surface area (Å²) in [5.74, 6) is 0.431. The minimum atomic E-state index is 0.431. The largest absolute Gasteiger partial charge is 0.309 e. The zero-order valence-corrected chi connectivity index (χ0v) is 27.3. The van der Waals surface area contributed by atoms with Crippen molar-refractivity contribution in [3.8, 4) is 11.4 Å². The number of benzene rings is 7. The van der Waals surface area contributed by atoms with Crippen LogP contribution >= 0.6 is 0 Å². The maximum atomic E-state index is 2.44. The Kier molecular flexibility index (Phi) is 6.25. The van der Waals surface area contributed by atoms with Crippen molar-refractivity contribution in [2.24, 2.45) is 5.92 Å². The second-order valence-corrected chi connectivity index (χ2v) is 13.4. The summed E-state index contributed by atoms with van der Waals surface area (Å²) in [4.78, 5) is 0. The monoisotopic (exact) mass is 626 g/mol. The van der Waals surface area contributed by atoms with E-state index in [1.807, 2.05) is 0 Å². The summed E-state index contributed by atoms with van der Waals surface area (Å²) in [5, 5.41) is 7.66. The second-order valence-electron chi connectivity index (χ2n) is 13.4. The fourth-order valence-electron chi connectivity index (χ4n) is 8.19. The molecular weight excluding hydrogens is 593 g/mol. The molecule has 0 radical (unpaired) electrons. The Labute approximate surface area is 285 Å². The fourth-order valence-corrected chi connectivity index (χ4v) is 8.19. The van der Waals surface area contributed by atoms with Crippen molar-refractivity contribution < 1.29 is 0 Å². The average Bonchev–Trinajstić information content (AvgIpc) is 3.67. The molecule has 232 valence electrons. The third kappa shape index (κ3) is 4.34. The van der Waals surface area contributed by atoms with E-state index in [9.17, 15) is 0 Å². The molecule has 1 unspecified atom stereocenters. The highest BCUT2D eigenvalue weighted by Crippen LogP contribution is 2.41. The first kappa shape index (κ1) is 27.9. The van der Waals surface area contributed by atoms with Crippen LogP contribution in [0.3, 0.4) is 0 Å². The van der Waals surface area contributed by atoms with E-state index < -0.39 is 0 Å². The van der Waals surface area contributed by atoms with Crippen LogP contribution in [0.2, 0.25) is 0 Å². The molecule has 9 aromatic rings. The highest BCUT2D eigenvalue weighted by molar-refractivity contribution is 6.12. The first-order chi connectivity index (χ1) is 24.2. The number of allylic oxidation sites excluding steroid dienone is 4. The van der Waals surface area contributed by atoms with Gasteiger partial charge in [0.15, 0.2) is 0 Å². The molecule has 0 saturated heterocycles. The van der Waals surface area contributed by atoms with Crippen molar-refractivity contribution in [3.05, 3.63) is 181 Å². The van der Waals surface area contributed by atoms with E-state index in [4.69, 9.17) is 0 Å². The summed E-state index contributed by atoms with van der Waals surface area (Å²) in [5.41, 5.74) is 12.6. The van der Waals surface area contributed by atoms with Gasteiger partial charge in [-0.1, -0.05) is 122 Å². The third-order valence-electron chi connectivity index (χ3n) is 10.6. The van der Waals surface area contributed by atoms with Crippen LogP contribution in [0.5, 0.6) is 0 Å². The number of rotatable bonds is 4. The number of fused-ring (bicyclic) bond motifs is 7. The molecule has 0 bridgehead atoms. The van der Waals surface area contributed by atoms with Crippen LogP contribution in [0.15, 0.2) is 170 Å². The molecule has 0 aliphatic heterocycles. The van der Waals surface area contributed by atoms with Crippen molar-refractivity contribution in [3.63, 3.8) is 0 Å². The van der Waals surface area contributed by atoms with Crippen molar-refractivity contribution in [2.75, 3.05) is 0 Å². The molecule has 2 heterocycles. The Balaban J connectivity index is 1.11. The van der Waals surface area contributed by atoms with Crippen LogP contribution in [0.25, 0.3) is 76.9 Å². The van der Waals surface area contributed by atoms with Gasteiger partial charge in [0.1, 0.15) is 0 Å². The van der Waals surface area contributed by atoms with Gasteiger partial charge < -0.3 is 9.13 Å². The van der Waals surface area contributed by atoms with E-state index in [2.05, 4.69) is 186 Å². The molecule has 2 heteroatoms. The van der Waals surface area contributed by atoms with E-state index in [0.717, 1.165) is 6.42 Å². The summed E-state index contributed by atoms with van der Waals surface area (Å²) in [6.07, 6.45) is 5.89. The first-order valence-electron chi connectivity index (χ1n) is 17.3. The van der Waals surface area contributed by atoms with Crippen LogP contribution in [-0.2, 0) is 0 Å². The lowest BCUT2D eigenvalue weighted by Gasteiger charge is -2.22. The van der Waals surface area contributed by atoms with Gasteiger partial charge in [-0.2, -0.15) is 0 Å². The second kappa shape index (κ2) is 11.0. The molecule has 49 heavy (non-hydrogen) atoms. The molecule has 2 nitrogen and oxygen atoms in total. The molecule has 0 saturated carbocycles. The quantitative estimate of drug-likeness (QED) is 0.184. The van der Waals surface area contributed by atoms with Gasteiger partial charge >= 0.3 is 0 Å². The topological polar surface area (TPSA) is 9.86 Å². The maximum absolute atomic E-state index is 2.44. The molecule has 2 aromatic heterocycles. The number of nitrogens with zero attached hydrogens (tertiary/aromatic N) is 2. The number of aromatic nitrogens is 2. The molecule has 1 aliphatic rings. The highest BCUT2D eigenvalue weighted by Gasteiger charge is 2.20. The molecule has 1 atom stereocenters. The normalized spacial score (nSPS) is 15.0. The lowest BCUT2D eigenvalue weighted by atomic mass is 9.83. The molecule has 7 aromatic carbocycles. The van der Waals surface area contributed by atoms with E-state index in [1.54, 1.807) is 0 Å². The van der Waals surface area contributed by atoms with Crippen molar-refractivity contribution in [2.45, 2.75) is 13.3 Å². The average molecular weight is 627 g/mol. The van der Waals surface area contributed by atoms with Crippen LogP contribution in [0, 0.1) is 5.92 Å². The van der Waals surface area contributed by atoms with Gasteiger partial charge in [-0.25, -0.2) is 0 Å². The molecule has 10 rings (SSSR count). The minimum Gasteiger partial charge on any atom is -0.309 e. The van der Waals surface area contributed by atoms with Gasteiger partial charge in [0.25, 0.3) is 0 Å². The smallest absolute Gasteiger partial charge is 0.0541 e. The van der Waals surface area contributed by atoms with E-state index >= 15 is 0 Å². The van der Waals surface area contributed by atoms with Gasteiger partial charge in [-0.15, -0.1) is 0 Å². The van der Waals surface area contributed by atoms with Gasteiger partial charge in [0, 0.05) is 32.6 Å². The molecule has 0 spiro atoms. The Morgan fingerprint density at radius 2 is 1.04 bits per heavy atom. The number of hydrogen-bond acceptors (Lipinski definition) is 0. The molecule has 0 fully saturated rings. The molecule has 0 N–H and O–H groups in total. The van der Waals surface area contributed by atoms with E-state index in [0.29, 0.717) is 5.92 Å². The van der Waals surface area contributed by atoms with E-state index in [-0.39, 0.29) is 0 Å². The Morgan fingerprint density at radius 3 is 1.82 bits per heavy atom. The van der Waals surface area contributed by atoms with Gasteiger partial charge in [0.05, 0.1) is 27.8 Å². The van der Waals surface area contributed by atoms with E-state index in [1.165, 1.54) is 88.0 Å². The minimum absolute atomic E-state index is 0.431. The zero-order valence-electron chi connectivity index (χ0n) is 27.3.